The van der Waals surface area contributed by atoms with Gasteiger partial charge >= 0.3 is 5.97 Å². The average molecular weight is 494 g/mol. The normalized spacial score (nSPS) is 35.7. The number of nitrogens with two attached hydrogens (primary N) is 1. The molecule has 0 aromatic heterocycles. The molecule has 8 atom stereocenters. The van der Waals surface area contributed by atoms with E-state index in [1.165, 1.54) is 16.7 Å². The number of carbonyl (C=O) groups excluding carboxylic acids is 3. The Hall–Kier alpha value is -2.11. The van der Waals surface area contributed by atoms with Crippen LogP contribution in [0.3, 0.4) is 0 Å². The van der Waals surface area contributed by atoms with Gasteiger partial charge in [-0.1, -0.05) is 6.92 Å². The van der Waals surface area contributed by atoms with Crippen LogP contribution in [0.4, 0.5) is 0 Å². The zero-order valence-corrected chi connectivity index (χ0v) is 20.9. The van der Waals surface area contributed by atoms with Crippen molar-refractivity contribution in [1.29, 1.82) is 0 Å². The lowest BCUT2D eigenvalue weighted by molar-refractivity contribution is -0.158. The lowest BCUT2D eigenvalue weighted by Crippen LogP contribution is -2.66. The van der Waals surface area contributed by atoms with Gasteiger partial charge in [-0.3, -0.25) is 14.4 Å². The largest absolute Gasteiger partial charge is 0.477 e. The van der Waals surface area contributed by atoms with Crippen LogP contribution in [-0.2, 0) is 19.2 Å². The maximum atomic E-state index is 13.1. The zero-order valence-electron chi connectivity index (χ0n) is 20.1. The summed E-state index contributed by atoms with van der Waals surface area (Å²) in [7, 11) is 3.43. The fourth-order valence-corrected chi connectivity index (χ4v) is 7.33. The molecule has 10 nitrogen and oxygen atoms in total. The van der Waals surface area contributed by atoms with Crippen LogP contribution in [0.15, 0.2) is 10.6 Å². The first-order valence-corrected chi connectivity index (χ1v) is 12.9. The third-order valence-corrected chi connectivity index (χ3v) is 9.18. The number of β-lactam (4-membered cyclic amide) rings is 1. The number of amides is 3. The van der Waals surface area contributed by atoms with E-state index in [9.17, 15) is 24.3 Å². The molecule has 0 aromatic rings. The van der Waals surface area contributed by atoms with Gasteiger partial charge in [0.15, 0.2) is 0 Å². The summed E-state index contributed by atoms with van der Waals surface area (Å²) >= 11 is 1.46. The molecule has 3 heterocycles. The van der Waals surface area contributed by atoms with Gasteiger partial charge in [0, 0.05) is 54.7 Å². The minimum Gasteiger partial charge on any atom is -0.477 e. The molecular weight excluding hydrogens is 458 g/mol. The van der Waals surface area contributed by atoms with E-state index in [0.717, 1.165) is 12.8 Å². The summed E-state index contributed by atoms with van der Waals surface area (Å²) in [4.78, 5) is 53.9. The Morgan fingerprint density at radius 2 is 1.97 bits per heavy atom. The average Bonchev–Trinajstić information content (AvgIpc) is 3.46. The highest BCUT2D eigenvalue weighted by molar-refractivity contribution is 8.03. The van der Waals surface area contributed by atoms with Crippen molar-refractivity contribution in [2.75, 3.05) is 20.6 Å². The Morgan fingerprint density at radius 3 is 2.56 bits per heavy atom. The molecular formula is C23H35N5O5S. The van der Waals surface area contributed by atoms with Gasteiger partial charge < -0.3 is 31.3 Å². The molecule has 0 spiro atoms. The standard InChI is InChI=1S/C23H35N5O5S/c1-10-17-16(11(2)26-20(29)12-5-6-13(24)7-12)22(31)28(17)18(23(32)33)19(10)34-14-8-15(25-9-14)21(30)27(3)4/h10-17,25H,5-9,24H2,1-4H3,(H,26,29)(H,32,33)/t10-,11-,12+,13-,14+,15?,16-,17-/m1/s1. The maximum Gasteiger partial charge on any atom is 0.353 e. The smallest absolute Gasteiger partial charge is 0.353 e. The quantitative estimate of drug-likeness (QED) is 0.361. The Kier molecular flexibility index (Phi) is 6.99. The number of thioether (sulfide) groups is 1. The van der Waals surface area contributed by atoms with Crippen molar-refractivity contribution < 1.29 is 24.3 Å². The predicted octanol–water partition coefficient (Wildman–Crippen LogP) is -0.0567. The van der Waals surface area contributed by atoms with Crippen LogP contribution < -0.4 is 16.4 Å². The molecule has 34 heavy (non-hydrogen) atoms. The first-order chi connectivity index (χ1) is 16.0. The van der Waals surface area contributed by atoms with Gasteiger partial charge in [-0.2, -0.15) is 0 Å². The molecule has 0 radical (unpaired) electrons. The number of rotatable bonds is 7. The van der Waals surface area contributed by atoms with Crippen molar-refractivity contribution in [2.45, 2.75) is 68.9 Å². The van der Waals surface area contributed by atoms with Crippen molar-refractivity contribution in [3.63, 3.8) is 0 Å². The van der Waals surface area contributed by atoms with Crippen LogP contribution in [-0.4, -0.2) is 88.7 Å². The van der Waals surface area contributed by atoms with E-state index >= 15 is 0 Å². The van der Waals surface area contributed by atoms with Gasteiger partial charge in [0.25, 0.3) is 0 Å². The lowest BCUT2D eigenvalue weighted by atomic mass is 9.78. The van der Waals surface area contributed by atoms with E-state index in [-0.39, 0.29) is 58.6 Å². The van der Waals surface area contributed by atoms with Crippen molar-refractivity contribution >= 4 is 35.5 Å². The number of hydrogen-bond acceptors (Lipinski definition) is 7. The number of nitrogens with zero attached hydrogens (tertiary/aromatic N) is 2. The van der Waals surface area contributed by atoms with Crippen molar-refractivity contribution in [1.82, 2.24) is 20.4 Å². The SMILES string of the molecule is C[C@@H](NC(=O)[C@H]1CC[C@@H](N)C1)[C@H]1C(=O)N2C(C(=O)O)=C(S[C@@H]3CNC(C(=O)N(C)C)C3)[C@H](C)[C@H]12. The third-order valence-electron chi connectivity index (χ3n) is 7.67. The van der Waals surface area contributed by atoms with Gasteiger partial charge in [0.05, 0.1) is 18.0 Å². The van der Waals surface area contributed by atoms with Crippen LogP contribution in [0, 0.1) is 17.8 Å². The van der Waals surface area contributed by atoms with Crippen LogP contribution in [0.5, 0.6) is 0 Å². The van der Waals surface area contributed by atoms with E-state index < -0.39 is 17.9 Å². The Morgan fingerprint density at radius 1 is 1.26 bits per heavy atom. The molecule has 4 rings (SSSR count). The van der Waals surface area contributed by atoms with Crippen LogP contribution in [0.1, 0.15) is 39.5 Å². The molecule has 188 valence electrons. The predicted molar refractivity (Wildman–Crippen MR) is 127 cm³/mol. The van der Waals surface area contributed by atoms with Crippen LogP contribution >= 0.6 is 11.8 Å². The monoisotopic (exact) mass is 493 g/mol. The summed E-state index contributed by atoms with van der Waals surface area (Å²) in [5.74, 6) is -2.21. The molecule has 5 N–H and O–H groups in total. The van der Waals surface area contributed by atoms with Crippen molar-refractivity contribution in [3.05, 3.63) is 10.6 Å². The first kappa shape index (κ1) is 25.0. The second-order valence-electron chi connectivity index (χ2n) is 10.3. The number of carbonyl (C=O) groups is 4. The molecule has 11 heteroatoms. The zero-order chi connectivity index (χ0) is 24.9. The number of carboxylic acids is 1. The number of nitrogens with one attached hydrogen (secondary N) is 2. The third kappa shape index (κ3) is 4.33. The molecule has 1 saturated carbocycles. The Labute approximate surface area is 204 Å². The first-order valence-electron chi connectivity index (χ1n) is 12.0. The van der Waals surface area contributed by atoms with E-state index in [0.29, 0.717) is 24.3 Å². The summed E-state index contributed by atoms with van der Waals surface area (Å²) in [5.41, 5.74) is 5.98. The minimum absolute atomic E-state index is 0.00172. The van der Waals surface area contributed by atoms with Gasteiger partial charge in [-0.25, -0.2) is 4.79 Å². The second-order valence-corrected chi connectivity index (χ2v) is 11.6. The highest BCUT2D eigenvalue weighted by atomic mass is 32.2. The number of likely N-dealkylation sites (N-methyl/N-ethyl adjacent to an activating group) is 1. The molecule has 4 aliphatic rings. The fourth-order valence-electron chi connectivity index (χ4n) is 5.86. The van der Waals surface area contributed by atoms with E-state index in [2.05, 4.69) is 10.6 Å². The van der Waals surface area contributed by atoms with E-state index in [4.69, 9.17) is 5.73 Å². The van der Waals surface area contributed by atoms with E-state index in [1.807, 2.05) is 13.8 Å². The molecule has 3 amide bonds. The highest BCUT2D eigenvalue weighted by Crippen LogP contribution is 2.52. The summed E-state index contributed by atoms with van der Waals surface area (Å²) < 4.78 is 0. The van der Waals surface area contributed by atoms with Gasteiger partial charge in [-0.05, 0) is 32.6 Å². The fraction of sp³-hybridized carbons (Fsp3) is 0.739. The molecule has 3 aliphatic heterocycles. The molecule has 1 unspecified atom stereocenters. The van der Waals surface area contributed by atoms with Crippen molar-refractivity contribution in [3.8, 4) is 0 Å². The minimum atomic E-state index is -1.12. The summed E-state index contributed by atoms with van der Waals surface area (Å²) in [5, 5.41) is 16.2. The molecule has 0 bridgehead atoms. The second kappa shape index (κ2) is 9.50. The van der Waals surface area contributed by atoms with Gasteiger partial charge in [0.2, 0.25) is 17.7 Å². The lowest BCUT2D eigenvalue weighted by Gasteiger charge is -2.47. The van der Waals surface area contributed by atoms with Gasteiger partial charge in [-0.15, -0.1) is 11.8 Å². The van der Waals surface area contributed by atoms with Crippen molar-refractivity contribution in [2.24, 2.45) is 23.5 Å². The summed E-state index contributed by atoms with van der Waals surface area (Å²) in [6.45, 7) is 4.37. The van der Waals surface area contributed by atoms with Gasteiger partial charge in [0.1, 0.15) is 5.70 Å². The van der Waals surface area contributed by atoms with Crippen LogP contribution in [0.2, 0.25) is 0 Å². The van der Waals surface area contributed by atoms with Crippen LogP contribution in [0.25, 0.3) is 0 Å². The summed E-state index contributed by atoms with van der Waals surface area (Å²) in [6, 6.07) is -0.935. The molecule has 2 saturated heterocycles. The number of hydrogen-bond donors (Lipinski definition) is 4. The molecule has 3 fully saturated rings. The molecule has 0 aromatic carbocycles. The Balaban J connectivity index is 1.44. The number of fused-ring (bicyclic) bond motifs is 1. The number of aliphatic carboxylic acids is 1. The van der Waals surface area contributed by atoms with E-state index in [1.54, 1.807) is 19.0 Å². The maximum absolute atomic E-state index is 13.1. The Bertz CT molecular complexity index is 923. The topological polar surface area (TPSA) is 145 Å². The highest BCUT2D eigenvalue weighted by Gasteiger charge is 2.60. The summed E-state index contributed by atoms with van der Waals surface area (Å²) in [6.07, 6.45) is 2.83. The number of carboxylic acid groups (broad SMARTS) is 1. The molecule has 1 aliphatic carbocycles.